The van der Waals surface area contributed by atoms with Crippen molar-refractivity contribution in [2.75, 3.05) is 0 Å². The van der Waals surface area contributed by atoms with E-state index in [2.05, 4.69) is 0 Å². The molecule has 2 N–H and O–H groups in total. The van der Waals surface area contributed by atoms with Gasteiger partial charge in [-0.05, 0) is 20.8 Å². The van der Waals surface area contributed by atoms with Gasteiger partial charge in [0.05, 0.1) is 5.56 Å². The number of nitrogens with two attached hydrogens (primary N) is 1. The van der Waals surface area contributed by atoms with Crippen LogP contribution in [-0.2, 0) is 16.1 Å². The van der Waals surface area contributed by atoms with Gasteiger partial charge in [0.15, 0.2) is 12.4 Å². The quantitative estimate of drug-likeness (QED) is 0.485. The Balaban J connectivity index is 0.00000289. The smallest absolute Gasteiger partial charge is 0.373 e. The van der Waals surface area contributed by atoms with Gasteiger partial charge in [0.1, 0.15) is 5.60 Å². The second kappa shape index (κ2) is 6.35. The first-order valence-electron chi connectivity index (χ1n) is 5.29. The monoisotopic (exact) mass is 272 g/mol. The van der Waals surface area contributed by atoms with Crippen LogP contribution < -0.4 is 22.7 Å². The molecule has 1 aromatic heterocycles. The summed E-state index contributed by atoms with van der Waals surface area (Å²) in [6, 6.07) is 3.12. The lowest BCUT2D eigenvalue weighted by molar-refractivity contribution is -0.686. The number of amides is 1. The Kier molecular flexibility index (Phi) is 5.78. The number of primary amides is 1. The SMILES string of the molecule is CC(C)(C)OC(=O)C[n+]1ccc(C(N)=O)cc1.[Cl-]. The second-order valence-electron chi connectivity index (χ2n) is 4.71. The molecule has 0 aliphatic heterocycles. The van der Waals surface area contributed by atoms with Crippen molar-refractivity contribution >= 4 is 11.9 Å². The van der Waals surface area contributed by atoms with Gasteiger partial charge in [0.25, 0.3) is 0 Å². The Hall–Kier alpha value is -1.62. The third-order valence-corrected chi connectivity index (χ3v) is 1.91. The van der Waals surface area contributed by atoms with E-state index in [9.17, 15) is 9.59 Å². The van der Waals surface area contributed by atoms with Crippen LogP contribution in [0.1, 0.15) is 31.1 Å². The van der Waals surface area contributed by atoms with Crippen molar-refractivity contribution in [1.82, 2.24) is 0 Å². The molecule has 100 valence electrons. The fourth-order valence-electron chi connectivity index (χ4n) is 1.25. The number of hydrogen-bond donors (Lipinski definition) is 1. The third kappa shape index (κ3) is 5.63. The van der Waals surface area contributed by atoms with Gasteiger partial charge >= 0.3 is 5.97 Å². The molecule has 18 heavy (non-hydrogen) atoms. The van der Waals surface area contributed by atoms with E-state index >= 15 is 0 Å². The Morgan fingerprint density at radius 2 is 1.78 bits per heavy atom. The molecule has 0 unspecified atom stereocenters. The number of carbonyl (C=O) groups excluding carboxylic acids is 2. The fourth-order valence-corrected chi connectivity index (χ4v) is 1.25. The highest BCUT2D eigenvalue weighted by Gasteiger charge is 2.19. The van der Waals surface area contributed by atoms with E-state index in [0.29, 0.717) is 5.56 Å². The Bertz CT molecular complexity index is 424. The first-order chi connectivity index (χ1) is 7.78. The predicted molar refractivity (Wildman–Crippen MR) is 61.0 cm³/mol. The molecular formula is C12H17ClN2O3. The lowest BCUT2D eigenvalue weighted by atomic mass is 10.2. The van der Waals surface area contributed by atoms with Crippen LogP contribution in [-0.4, -0.2) is 17.5 Å². The molecule has 0 atom stereocenters. The van der Waals surface area contributed by atoms with Crippen molar-refractivity contribution < 1.29 is 31.3 Å². The van der Waals surface area contributed by atoms with E-state index in [4.69, 9.17) is 10.5 Å². The summed E-state index contributed by atoms with van der Waals surface area (Å²) in [5.41, 5.74) is 5.02. The van der Waals surface area contributed by atoms with Crippen molar-refractivity contribution in [3.05, 3.63) is 30.1 Å². The Labute approximate surface area is 112 Å². The molecule has 1 amide bonds. The van der Waals surface area contributed by atoms with Gasteiger partial charge in [-0.25, -0.2) is 4.79 Å². The number of hydrogen-bond acceptors (Lipinski definition) is 3. The maximum Gasteiger partial charge on any atom is 0.373 e. The van der Waals surface area contributed by atoms with Crippen molar-refractivity contribution in [2.24, 2.45) is 5.73 Å². The number of carbonyl (C=O) groups is 2. The van der Waals surface area contributed by atoms with Crippen molar-refractivity contribution in [1.29, 1.82) is 0 Å². The minimum absolute atomic E-state index is 0. The summed E-state index contributed by atoms with van der Waals surface area (Å²) in [6.45, 7) is 5.54. The number of aromatic nitrogens is 1. The van der Waals surface area contributed by atoms with E-state index in [1.165, 1.54) is 0 Å². The molecule has 0 fully saturated rings. The summed E-state index contributed by atoms with van der Waals surface area (Å²) in [6.07, 6.45) is 3.23. The topological polar surface area (TPSA) is 73.3 Å². The van der Waals surface area contributed by atoms with Crippen molar-refractivity contribution in [3.63, 3.8) is 0 Å². The molecule has 0 saturated carbocycles. The highest BCUT2D eigenvalue weighted by Crippen LogP contribution is 2.06. The zero-order valence-electron chi connectivity index (χ0n) is 10.6. The number of esters is 1. The summed E-state index contributed by atoms with van der Waals surface area (Å²) < 4.78 is 6.79. The standard InChI is InChI=1S/C12H16N2O3.ClH/c1-12(2,3)17-10(15)8-14-6-4-9(5-7-14)11(13)16;/h4-7H,8H2,1-3H3,(H-,13,16);1H. The van der Waals surface area contributed by atoms with Crippen LogP contribution in [0, 0.1) is 0 Å². The van der Waals surface area contributed by atoms with Gasteiger partial charge in [0, 0.05) is 12.1 Å². The van der Waals surface area contributed by atoms with E-state index in [0.717, 1.165) is 0 Å². The first kappa shape index (κ1) is 16.4. The average Bonchev–Trinajstić information content (AvgIpc) is 2.15. The fraction of sp³-hybridized carbons (Fsp3) is 0.417. The molecule has 0 aliphatic rings. The number of halogens is 1. The largest absolute Gasteiger partial charge is 1.00 e. The molecule has 0 radical (unpaired) electrons. The van der Waals surface area contributed by atoms with Crippen LogP contribution in [0.25, 0.3) is 0 Å². The molecule has 0 bridgehead atoms. The number of pyridine rings is 1. The first-order valence-corrected chi connectivity index (χ1v) is 5.29. The maximum atomic E-state index is 11.5. The number of ether oxygens (including phenoxy) is 1. The predicted octanol–water partition coefficient (Wildman–Crippen LogP) is -2.58. The number of nitrogens with zero attached hydrogens (tertiary/aromatic N) is 1. The zero-order valence-corrected chi connectivity index (χ0v) is 11.4. The maximum absolute atomic E-state index is 11.5. The van der Waals surface area contributed by atoms with Gasteiger partial charge < -0.3 is 22.9 Å². The molecule has 1 aromatic rings. The van der Waals surface area contributed by atoms with Crippen LogP contribution >= 0.6 is 0 Å². The zero-order chi connectivity index (χ0) is 13.1. The van der Waals surface area contributed by atoms with Crippen LogP contribution in [0.15, 0.2) is 24.5 Å². The minimum Gasteiger partial charge on any atom is -1.00 e. The van der Waals surface area contributed by atoms with Crippen LogP contribution in [0.3, 0.4) is 0 Å². The lowest BCUT2D eigenvalue weighted by Crippen LogP contribution is -3.00. The van der Waals surface area contributed by atoms with E-state index in [-0.39, 0.29) is 24.9 Å². The van der Waals surface area contributed by atoms with Gasteiger partial charge in [-0.1, -0.05) is 0 Å². The van der Waals surface area contributed by atoms with Crippen LogP contribution in [0.2, 0.25) is 0 Å². The molecule has 0 saturated heterocycles. The third-order valence-electron chi connectivity index (χ3n) is 1.91. The summed E-state index contributed by atoms with van der Waals surface area (Å²) in [4.78, 5) is 22.4. The van der Waals surface area contributed by atoms with Crippen LogP contribution in [0.4, 0.5) is 0 Å². The molecule has 0 spiro atoms. The van der Waals surface area contributed by atoms with E-state index in [1.54, 1.807) is 29.1 Å². The summed E-state index contributed by atoms with van der Waals surface area (Å²) >= 11 is 0. The minimum atomic E-state index is -0.495. The molecular weight excluding hydrogens is 256 g/mol. The van der Waals surface area contributed by atoms with E-state index < -0.39 is 11.5 Å². The molecule has 6 heteroatoms. The van der Waals surface area contributed by atoms with Gasteiger partial charge in [0.2, 0.25) is 12.5 Å². The van der Waals surface area contributed by atoms with E-state index in [1.807, 2.05) is 20.8 Å². The number of rotatable bonds is 3. The molecule has 0 aliphatic carbocycles. The lowest BCUT2D eigenvalue weighted by Gasteiger charge is -2.18. The second-order valence-corrected chi connectivity index (χ2v) is 4.71. The molecule has 5 nitrogen and oxygen atoms in total. The summed E-state index contributed by atoms with van der Waals surface area (Å²) in [5.74, 6) is -0.816. The van der Waals surface area contributed by atoms with Crippen LogP contribution in [0.5, 0.6) is 0 Å². The Morgan fingerprint density at radius 1 is 1.28 bits per heavy atom. The highest BCUT2D eigenvalue weighted by atomic mass is 35.5. The van der Waals surface area contributed by atoms with Gasteiger partial charge in [-0.15, -0.1) is 0 Å². The molecule has 1 heterocycles. The Morgan fingerprint density at radius 3 is 2.17 bits per heavy atom. The van der Waals surface area contributed by atoms with Gasteiger partial charge in [-0.3, -0.25) is 4.79 Å². The van der Waals surface area contributed by atoms with Gasteiger partial charge in [-0.2, -0.15) is 4.57 Å². The normalized spacial score (nSPS) is 10.4. The molecule has 0 aromatic carbocycles. The van der Waals surface area contributed by atoms with Crippen molar-refractivity contribution in [3.8, 4) is 0 Å². The van der Waals surface area contributed by atoms with Crippen molar-refractivity contribution in [2.45, 2.75) is 32.9 Å². The average molecular weight is 273 g/mol. The highest BCUT2D eigenvalue weighted by molar-refractivity contribution is 5.92. The summed E-state index contributed by atoms with van der Waals surface area (Å²) in [7, 11) is 0. The molecule has 1 rings (SSSR count). The summed E-state index contributed by atoms with van der Waals surface area (Å²) in [5, 5.41) is 0.